The number of nitrogens with one attached hydrogen (secondary N) is 2. The van der Waals surface area contributed by atoms with Crippen LogP contribution in [-0.2, 0) is 14.3 Å². The number of carbonyl (C=O) groups is 3. The molecule has 0 aromatic heterocycles. The number of benzene rings is 2. The molecule has 2 aromatic carbocycles. The van der Waals surface area contributed by atoms with Gasteiger partial charge in [0, 0.05) is 12.5 Å². The Balaban J connectivity index is 1.65. The van der Waals surface area contributed by atoms with Gasteiger partial charge in [0.2, 0.25) is 5.91 Å². The van der Waals surface area contributed by atoms with Crippen LogP contribution in [0.3, 0.4) is 0 Å². The summed E-state index contributed by atoms with van der Waals surface area (Å²) in [5.74, 6) is -2.06. The topological polar surface area (TPSA) is 108 Å². The fraction of sp³-hybridized carbons (Fsp3) is 0.400. The van der Waals surface area contributed by atoms with Gasteiger partial charge in [-0.15, -0.1) is 0 Å². The number of amides is 2. The molecule has 3 N–H and O–H groups in total. The van der Waals surface area contributed by atoms with E-state index < -0.39 is 30.1 Å². The van der Waals surface area contributed by atoms with Gasteiger partial charge >= 0.3 is 12.1 Å². The highest BCUT2D eigenvalue weighted by Crippen LogP contribution is 2.44. The molecule has 0 aliphatic heterocycles. The Morgan fingerprint density at radius 2 is 1.52 bits per heavy atom. The van der Waals surface area contributed by atoms with Gasteiger partial charge in [-0.25, -0.2) is 9.59 Å². The number of hydrogen-bond donors (Lipinski definition) is 3. The highest BCUT2D eigenvalue weighted by Gasteiger charge is 2.31. The van der Waals surface area contributed by atoms with Crippen LogP contribution < -0.4 is 10.6 Å². The van der Waals surface area contributed by atoms with Gasteiger partial charge in [-0.05, 0) is 42.3 Å². The summed E-state index contributed by atoms with van der Waals surface area (Å²) in [7, 11) is 3.44. The highest BCUT2D eigenvalue weighted by molar-refractivity contribution is 5.89. The summed E-state index contributed by atoms with van der Waals surface area (Å²) in [5, 5.41) is 14.5. The maximum Gasteiger partial charge on any atom is 0.407 e. The summed E-state index contributed by atoms with van der Waals surface area (Å²) in [5.41, 5.74) is 4.44. The van der Waals surface area contributed by atoms with Crippen LogP contribution in [0.25, 0.3) is 11.1 Å². The highest BCUT2D eigenvalue weighted by atomic mass is 16.5. The molecule has 0 bridgehead atoms. The summed E-state index contributed by atoms with van der Waals surface area (Å²) in [6, 6.07) is 14.1. The molecular weight excluding hydrogens is 422 g/mol. The molecule has 0 fully saturated rings. The van der Waals surface area contributed by atoms with Gasteiger partial charge in [0.15, 0.2) is 0 Å². The quantitative estimate of drug-likeness (QED) is 0.539. The third-order valence-corrected chi connectivity index (χ3v) is 5.73. The van der Waals surface area contributed by atoms with Crippen molar-refractivity contribution in [3.8, 4) is 11.1 Å². The minimum atomic E-state index is -1.14. The van der Waals surface area contributed by atoms with Crippen LogP contribution in [0.2, 0.25) is 0 Å². The number of hydrogen-bond acceptors (Lipinski definition) is 5. The predicted molar refractivity (Wildman–Crippen MR) is 125 cm³/mol. The van der Waals surface area contributed by atoms with Crippen molar-refractivity contribution in [2.24, 2.45) is 5.92 Å². The van der Waals surface area contributed by atoms with E-state index in [1.54, 1.807) is 32.8 Å². The van der Waals surface area contributed by atoms with Crippen molar-refractivity contribution in [2.75, 3.05) is 27.2 Å². The Morgan fingerprint density at radius 1 is 0.970 bits per heavy atom. The first-order valence-corrected chi connectivity index (χ1v) is 11.0. The van der Waals surface area contributed by atoms with Gasteiger partial charge in [-0.3, -0.25) is 4.79 Å². The minimum Gasteiger partial charge on any atom is -0.480 e. The lowest BCUT2D eigenvalue weighted by atomic mass is 9.98. The van der Waals surface area contributed by atoms with Crippen LogP contribution >= 0.6 is 0 Å². The molecule has 0 radical (unpaired) electrons. The van der Waals surface area contributed by atoms with Gasteiger partial charge in [-0.2, -0.15) is 0 Å². The van der Waals surface area contributed by atoms with E-state index in [-0.39, 0.29) is 25.0 Å². The SMILES string of the molecule is CC(C)[C@@H](NC(=O)OCC1c2ccccc2-c2ccccc21)C(=O)N[C@@H](CN(C)C)C(=O)O. The number of alkyl carbamates (subject to hydrolysis) is 1. The van der Waals surface area contributed by atoms with Crippen molar-refractivity contribution in [3.63, 3.8) is 0 Å². The van der Waals surface area contributed by atoms with Crippen molar-refractivity contribution < 1.29 is 24.2 Å². The molecule has 0 unspecified atom stereocenters. The van der Waals surface area contributed by atoms with Gasteiger partial charge in [0.25, 0.3) is 0 Å². The van der Waals surface area contributed by atoms with Crippen molar-refractivity contribution in [1.29, 1.82) is 0 Å². The average Bonchev–Trinajstić information content (AvgIpc) is 3.08. The molecule has 0 saturated heterocycles. The molecule has 0 saturated carbocycles. The summed E-state index contributed by atoms with van der Waals surface area (Å²) < 4.78 is 5.53. The third kappa shape index (κ3) is 5.70. The van der Waals surface area contributed by atoms with Gasteiger partial charge < -0.3 is 25.4 Å². The first-order chi connectivity index (χ1) is 15.7. The zero-order valence-corrected chi connectivity index (χ0v) is 19.4. The van der Waals surface area contributed by atoms with Crippen molar-refractivity contribution in [2.45, 2.75) is 31.8 Å². The maximum atomic E-state index is 12.7. The molecule has 2 amide bonds. The molecule has 1 aliphatic carbocycles. The lowest BCUT2D eigenvalue weighted by Crippen LogP contribution is -2.55. The van der Waals surface area contributed by atoms with E-state index in [9.17, 15) is 19.5 Å². The Morgan fingerprint density at radius 3 is 2.00 bits per heavy atom. The van der Waals surface area contributed by atoms with E-state index in [1.807, 2.05) is 36.4 Å². The number of carboxylic acids is 1. The minimum absolute atomic E-state index is 0.0917. The predicted octanol–water partition coefficient (Wildman–Crippen LogP) is 2.68. The Labute approximate surface area is 193 Å². The normalized spacial score (nSPS) is 14.4. The molecular formula is C25H31N3O5. The molecule has 1 aliphatic rings. The Hall–Kier alpha value is -3.39. The first kappa shape index (κ1) is 24.3. The fourth-order valence-corrected chi connectivity index (χ4v) is 4.11. The second kappa shape index (κ2) is 10.5. The van der Waals surface area contributed by atoms with E-state index >= 15 is 0 Å². The second-order valence-corrected chi connectivity index (χ2v) is 8.85. The van der Waals surface area contributed by atoms with Crippen LogP contribution in [0.5, 0.6) is 0 Å². The molecule has 8 nitrogen and oxygen atoms in total. The second-order valence-electron chi connectivity index (χ2n) is 8.85. The van der Waals surface area contributed by atoms with Gasteiger partial charge in [-0.1, -0.05) is 62.4 Å². The molecule has 2 atom stereocenters. The molecule has 3 rings (SSSR count). The molecule has 2 aromatic rings. The number of carbonyl (C=O) groups excluding carboxylic acids is 2. The van der Waals surface area contributed by atoms with Crippen LogP contribution in [0.4, 0.5) is 4.79 Å². The monoisotopic (exact) mass is 453 g/mol. The van der Waals surface area contributed by atoms with E-state index in [4.69, 9.17) is 4.74 Å². The molecule has 0 heterocycles. The van der Waals surface area contributed by atoms with E-state index in [1.165, 1.54) is 0 Å². The number of likely N-dealkylation sites (N-methyl/N-ethyl adjacent to an activating group) is 1. The number of nitrogens with zero attached hydrogens (tertiary/aromatic N) is 1. The first-order valence-electron chi connectivity index (χ1n) is 11.0. The summed E-state index contributed by atoms with van der Waals surface area (Å²) >= 11 is 0. The number of ether oxygens (including phenoxy) is 1. The Bertz CT molecular complexity index is 975. The number of rotatable bonds is 9. The number of carboxylic acid groups (broad SMARTS) is 1. The molecule has 176 valence electrons. The van der Waals surface area contributed by atoms with Crippen LogP contribution in [0.1, 0.15) is 30.9 Å². The van der Waals surface area contributed by atoms with Gasteiger partial charge in [0.05, 0.1) is 0 Å². The number of fused-ring (bicyclic) bond motifs is 3. The van der Waals surface area contributed by atoms with E-state index in [0.29, 0.717) is 0 Å². The summed E-state index contributed by atoms with van der Waals surface area (Å²) in [6.07, 6.45) is -0.717. The largest absolute Gasteiger partial charge is 0.480 e. The van der Waals surface area contributed by atoms with E-state index in [0.717, 1.165) is 22.3 Å². The van der Waals surface area contributed by atoms with Gasteiger partial charge in [0.1, 0.15) is 18.7 Å². The third-order valence-electron chi connectivity index (χ3n) is 5.73. The average molecular weight is 454 g/mol. The smallest absolute Gasteiger partial charge is 0.407 e. The van der Waals surface area contributed by atoms with Crippen LogP contribution in [-0.4, -0.2) is 67.3 Å². The lowest BCUT2D eigenvalue weighted by molar-refractivity contribution is -0.142. The zero-order valence-electron chi connectivity index (χ0n) is 19.4. The summed E-state index contributed by atoms with van der Waals surface area (Å²) in [4.78, 5) is 38.5. The standard InChI is InChI=1S/C25H31N3O5/c1-15(2)22(23(29)26-21(24(30)31)13-28(3)4)27-25(32)33-14-20-18-11-7-5-9-16(18)17-10-6-8-12-19(17)20/h5-12,15,20-22H,13-14H2,1-4H3,(H,26,29)(H,27,32)(H,30,31)/t21-,22+/m0/s1. The van der Waals surface area contributed by atoms with Crippen LogP contribution in [0, 0.1) is 5.92 Å². The molecule has 33 heavy (non-hydrogen) atoms. The molecule has 0 spiro atoms. The number of aliphatic carboxylic acids is 1. The lowest BCUT2D eigenvalue weighted by Gasteiger charge is -2.25. The maximum absolute atomic E-state index is 12.7. The van der Waals surface area contributed by atoms with Crippen molar-refractivity contribution >= 4 is 18.0 Å². The van der Waals surface area contributed by atoms with Crippen molar-refractivity contribution in [1.82, 2.24) is 15.5 Å². The Kier molecular flexibility index (Phi) is 7.71. The fourth-order valence-electron chi connectivity index (χ4n) is 4.11. The zero-order chi connectivity index (χ0) is 24.1. The molecule has 8 heteroatoms. The summed E-state index contributed by atoms with van der Waals surface area (Å²) in [6.45, 7) is 3.81. The van der Waals surface area contributed by atoms with Crippen molar-refractivity contribution in [3.05, 3.63) is 59.7 Å². The van der Waals surface area contributed by atoms with Crippen LogP contribution in [0.15, 0.2) is 48.5 Å². The van der Waals surface area contributed by atoms with E-state index in [2.05, 4.69) is 22.8 Å².